The molecule has 0 heterocycles. The summed E-state index contributed by atoms with van der Waals surface area (Å²) in [6.07, 6.45) is 12.4. The summed E-state index contributed by atoms with van der Waals surface area (Å²) < 4.78 is 5.48. The normalized spacial score (nSPS) is 48.1. The number of hydrogen-bond donors (Lipinski definition) is 1. The second kappa shape index (κ2) is 7.73. The fourth-order valence-corrected chi connectivity index (χ4v) is 10.8. The molecule has 7 atom stereocenters. The van der Waals surface area contributed by atoms with Crippen LogP contribution in [0, 0.1) is 50.2 Å². The molecule has 200 valence electrons. The average molecular weight is 497 g/mol. The van der Waals surface area contributed by atoms with E-state index in [1.54, 1.807) is 7.11 Å². The molecular formula is C32H48O4. The number of Topliss-reactive ketones (excluding diaryl/α,β-unsaturated/α-hetero) is 1. The minimum absolute atomic E-state index is 0.000774. The Hall–Kier alpha value is -1.58. The van der Waals surface area contributed by atoms with Crippen LogP contribution >= 0.6 is 0 Å². The van der Waals surface area contributed by atoms with Gasteiger partial charge in [0, 0.05) is 11.0 Å². The predicted octanol–water partition coefficient (Wildman–Crippen LogP) is 7.58. The fraction of sp³-hybridized carbons (Fsp3) is 0.812. The maximum Gasteiger partial charge on any atom is 0.312 e. The van der Waals surface area contributed by atoms with E-state index in [0.717, 1.165) is 57.6 Å². The number of carbonyl (C=O) groups is 2. The molecular weight excluding hydrogens is 448 g/mol. The molecule has 36 heavy (non-hydrogen) atoms. The van der Waals surface area contributed by atoms with Crippen molar-refractivity contribution in [2.45, 2.75) is 106 Å². The smallest absolute Gasteiger partial charge is 0.312 e. The molecule has 4 nitrogen and oxygen atoms in total. The summed E-state index contributed by atoms with van der Waals surface area (Å²) in [6, 6.07) is 0. The van der Waals surface area contributed by atoms with Crippen molar-refractivity contribution in [2.75, 3.05) is 7.11 Å². The Morgan fingerprint density at radius 3 is 2.31 bits per heavy atom. The third kappa shape index (κ3) is 3.05. The lowest BCUT2D eigenvalue weighted by Gasteiger charge is -2.70. The van der Waals surface area contributed by atoms with Gasteiger partial charge in [0.25, 0.3) is 0 Å². The van der Waals surface area contributed by atoms with Crippen molar-refractivity contribution >= 4 is 11.8 Å². The highest BCUT2D eigenvalue weighted by atomic mass is 16.5. The van der Waals surface area contributed by atoms with Crippen molar-refractivity contribution in [2.24, 2.45) is 50.2 Å². The van der Waals surface area contributed by atoms with Crippen LogP contribution in [-0.2, 0) is 14.3 Å². The topological polar surface area (TPSA) is 63.6 Å². The Kier molecular flexibility index (Phi) is 5.59. The van der Waals surface area contributed by atoms with Crippen LogP contribution in [0.25, 0.3) is 0 Å². The third-order valence-corrected chi connectivity index (χ3v) is 13.0. The Morgan fingerprint density at radius 2 is 1.67 bits per heavy atom. The van der Waals surface area contributed by atoms with Gasteiger partial charge in [-0.3, -0.25) is 9.59 Å². The van der Waals surface area contributed by atoms with E-state index in [1.807, 2.05) is 0 Å². The first kappa shape index (κ1) is 26.0. The number of ketones is 1. The van der Waals surface area contributed by atoms with E-state index in [1.165, 1.54) is 5.57 Å². The molecule has 0 radical (unpaired) electrons. The molecule has 0 unspecified atom stereocenters. The molecule has 4 fully saturated rings. The molecule has 0 bridgehead atoms. The summed E-state index contributed by atoms with van der Waals surface area (Å²) in [5, 5.41) is 10.0. The van der Waals surface area contributed by atoms with Crippen LogP contribution < -0.4 is 0 Å². The number of ether oxygens (including phenoxy) is 1. The molecule has 5 aliphatic carbocycles. The molecule has 5 aliphatic rings. The van der Waals surface area contributed by atoms with Crippen LogP contribution in [0.1, 0.15) is 106 Å². The lowest BCUT2D eigenvalue weighted by Crippen LogP contribution is -2.65. The van der Waals surface area contributed by atoms with Gasteiger partial charge in [0.05, 0.1) is 18.8 Å². The molecule has 5 rings (SSSR count). The second-order valence-corrected chi connectivity index (χ2v) is 15.2. The van der Waals surface area contributed by atoms with E-state index in [2.05, 4.69) is 54.5 Å². The monoisotopic (exact) mass is 496 g/mol. The van der Waals surface area contributed by atoms with Gasteiger partial charge in [-0.25, -0.2) is 0 Å². The van der Waals surface area contributed by atoms with Crippen LogP contribution in [-0.4, -0.2) is 24.0 Å². The van der Waals surface area contributed by atoms with Gasteiger partial charge < -0.3 is 9.84 Å². The zero-order valence-corrected chi connectivity index (χ0v) is 23.9. The molecule has 0 aromatic carbocycles. The Labute approximate surface area is 218 Å². The molecule has 0 aromatic rings. The van der Waals surface area contributed by atoms with Crippen molar-refractivity contribution < 1.29 is 19.4 Å². The summed E-state index contributed by atoms with van der Waals surface area (Å²) in [6.45, 7) is 16.4. The van der Waals surface area contributed by atoms with E-state index >= 15 is 0 Å². The first-order valence-electron chi connectivity index (χ1n) is 14.3. The van der Waals surface area contributed by atoms with E-state index in [4.69, 9.17) is 4.74 Å². The highest BCUT2D eigenvalue weighted by molar-refractivity contribution is 6.00. The Bertz CT molecular complexity index is 1050. The molecule has 0 amide bonds. The minimum atomic E-state index is -0.464. The van der Waals surface area contributed by atoms with Gasteiger partial charge in [-0.2, -0.15) is 0 Å². The van der Waals surface area contributed by atoms with Gasteiger partial charge in [0.2, 0.25) is 0 Å². The molecule has 4 saturated carbocycles. The molecule has 0 aromatic heterocycles. The highest BCUT2D eigenvalue weighted by Crippen LogP contribution is 2.75. The second-order valence-electron chi connectivity index (χ2n) is 15.2. The number of carbonyl (C=O) groups excluding carboxylic acids is 2. The van der Waals surface area contributed by atoms with Crippen molar-refractivity contribution in [3.05, 3.63) is 23.5 Å². The Balaban J connectivity index is 1.62. The highest BCUT2D eigenvalue weighted by Gasteiger charge is 2.69. The van der Waals surface area contributed by atoms with Crippen LogP contribution in [0.3, 0.4) is 0 Å². The van der Waals surface area contributed by atoms with E-state index < -0.39 is 5.41 Å². The lowest BCUT2D eigenvalue weighted by atomic mass is 9.33. The minimum Gasteiger partial charge on any atom is -0.515 e. The summed E-state index contributed by atoms with van der Waals surface area (Å²) in [5.41, 5.74) is 1.56. The largest absolute Gasteiger partial charge is 0.515 e. The number of rotatable bonds is 1. The predicted molar refractivity (Wildman–Crippen MR) is 142 cm³/mol. The zero-order chi connectivity index (χ0) is 26.5. The fourth-order valence-electron chi connectivity index (χ4n) is 10.8. The third-order valence-electron chi connectivity index (χ3n) is 13.0. The molecule has 4 heteroatoms. The van der Waals surface area contributed by atoms with Crippen molar-refractivity contribution in [1.82, 2.24) is 0 Å². The van der Waals surface area contributed by atoms with Crippen LogP contribution in [0.15, 0.2) is 23.5 Å². The maximum atomic E-state index is 13.4. The number of hydrogen-bond acceptors (Lipinski definition) is 4. The number of methoxy groups -OCH3 is 1. The van der Waals surface area contributed by atoms with Crippen molar-refractivity contribution in [1.29, 1.82) is 0 Å². The summed E-state index contributed by atoms with van der Waals surface area (Å²) >= 11 is 0. The first-order valence-corrected chi connectivity index (χ1v) is 14.3. The maximum absolute atomic E-state index is 13.4. The van der Waals surface area contributed by atoms with Gasteiger partial charge in [0.1, 0.15) is 0 Å². The van der Waals surface area contributed by atoms with Gasteiger partial charge in [-0.1, -0.05) is 60.1 Å². The SMILES string of the molecule is COC(=O)[C@]12CCC(C)(C)C[C@H]1C1=CC[C@H]3[C@@]4(C)C/C(=C/O)C(=O)C(C)(C)[C@@H]4CC[C@@]3(C)[C@]1(C)CC2. The average Bonchev–Trinajstić information content (AvgIpc) is 2.81. The van der Waals surface area contributed by atoms with E-state index in [-0.39, 0.29) is 44.7 Å². The van der Waals surface area contributed by atoms with Crippen molar-refractivity contribution in [3.8, 4) is 0 Å². The quantitative estimate of drug-likeness (QED) is 0.176. The van der Waals surface area contributed by atoms with Gasteiger partial charge in [-0.05, 0) is 97.2 Å². The Morgan fingerprint density at radius 1 is 1.00 bits per heavy atom. The molecule has 1 N–H and O–H groups in total. The molecule has 0 saturated heterocycles. The zero-order valence-electron chi connectivity index (χ0n) is 23.9. The lowest BCUT2D eigenvalue weighted by molar-refractivity contribution is -0.185. The van der Waals surface area contributed by atoms with Crippen molar-refractivity contribution in [3.63, 3.8) is 0 Å². The summed E-state index contributed by atoms with van der Waals surface area (Å²) in [7, 11) is 1.56. The number of aliphatic hydroxyl groups excluding tert-OH is 1. The number of esters is 1. The standard InChI is InChI=1S/C32H48O4/c1-27(2)13-15-32(26(35)36-8)16-14-30(6)21(22(32)18-27)9-10-24-29(5)17-20(19-33)25(34)28(3,4)23(29)11-12-31(24,30)7/h9,19,22-24,33H,10-18H2,1-8H3/b20-19-/t22-,23-,24-,29-,30+,31+,32-/m0/s1. The number of aliphatic hydroxyl groups is 1. The van der Waals surface area contributed by atoms with Crippen LogP contribution in [0.4, 0.5) is 0 Å². The first-order chi connectivity index (χ1) is 16.6. The molecule has 0 spiro atoms. The van der Waals surface area contributed by atoms with Gasteiger partial charge in [-0.15, -0.1) is 0 Å². The van der Waals surface area contributed by atoms with Gasteiger partial charge in [0.15, 0.2) is 5.78 Å². The molecule has 0 aliphatic heterocycles. The summed E-state index contributed by atoms with van der Waals surface area (Å²) in [4.78, 5) is 26.6. The van der Waals surface area contributed by atoms with Crippen LogP contribution in [0.5, 0.6) is 0 Å². The summed E-state index contributed by atoms with van der Waals surface area (Å²) in [5.74, 6) is 1.11. The number of fused-ring (bicyclic) bond motifs is 7. The van der Waals surface area contributed by atoms with E-state index in [9.17, 15) is 14.7 Å². The van der Waals surface area contributed by atoms with Crippen LogP contribution in [0.2, 0.25) is 0 Å². The number of allylic oxidation sites excluding steroid dienone is 3. The van der Waals surface area contributed by atoms with E-state index in [0.29, 0.717) is 23.8 Å². The van der Waals surface area contributed by atoms with Gasteiger partial charge >= 0.3 is 5.97 Å².